The molecule has 2 bridgehead atoms. The van der Waals surface area contributed by atoms with Gasteiger partial charge in [-0.3, -0.25) is 14.4 Å². The van der Waals surface area contributed by atoms with Crippen molar-refractivity contribution in [3.8, 4) is 5.75 Å². The van der Waals surface area contributed by atoms with E-state index in [0.29, 0.717) is 35.4 Å². The van der Waals surface area contributed by atoms with Gasteiger partial charge >= 0.3 is 0 Å². The highest BCUT2D eigenvalue weighted by Crippen LogP contribution is 2.65. The predicted octanol–water partition coefficient (Wildman–Crippen LogP) is 2.85. The lowest BCUT2D eigenvalue weighted by atomic mass is 9.63. The van der Waals surface area contributed by atoms with Crippen LogP contribution >= 0.6 is 0 Å². The monoisotopic (exact) mass is 351 g/mol. The third kappa shape index (κ3) is 1.94. The Hall–Kier alpha value is -2.43. The number of amides is 2. The molecule has 1 aromatic carbocycles. The van der Waals surface area contributed by atoms with Crippen LogP contribution in [0.1, 0.15) is 30.6 Å². The highest BCUT2D eigenvalue weighted by molar-refractivity contribution is 6.23. The molecule has 1 aromatic rings. The summed E-state index contributed by atoms with van der Waals surface area (Å²) in [5.41, 5.74) is 0.889. The van der Waals surface area contributed by atoms with Gasteiger partial charge in [-0.15, -0.1) is 0 Å². The first-order valence-electron chi connectivity index (χ1n) is 9.36. The zero-order valence-electron chi connectivity index (χ0n) is 14.8. The van der Waals surface area contributed by atoms with E-state index in [1.807, 2.05) is 6.92 Å². The summed E-state index contributed by atoms with van der Waals surface area (Å²) >= 11 is 0. The van der Waals surface area contributed by atoms with E-state index in [0.717, 1.165) is 6.42 Å². The van der Waals surface area contributed by atoms with Crippen LogP contribution in [0.4, 0.5) is 5.69 Å². The fourth-order valence-corrected chi connectivity index (χ4v) is 5.38. The average molecular weight is 351 g/mol. The first kappa shape index (κ1) is 15.8. The number of nitrogens with zero attached hydrogens (tertiary/aromatic N) is 1. The maximum atomic E-state index is 13.3. The Morgan fingerprint density at radius 2 is 1.73 bits per heavy atom. The summed E-state index contributed by atoms with van der Waals surface area (Å²) in [6, 6.07) is 4.98. The summed E-state index contributed by atoms with van der Waals surface area (Å²) in [5.74, 6) is 1.10. The fraction of sp³-hybridized carbons (Fsp3) is 0.476. The number of rotatable bonds is 4. The maximum Gasteiger partial charge on any atom is 0.238 e. The molecule has 0 radical (unpaired) electrons. The fourth-order valence-electron chi connectivity index (χ4n) is 5.38. The van der Waals surface area contributed by atoms with E-state index >= 15 is 0 Å². The van der Waals surface area contributed by atoms with Crippen molar-refractivity contribution in [2.24, 2.45) is 35.5 Å². The van der Waals surface area contributed by atoms with Gasteiger partial charge in [0.2, 0.25) is 11.8 Å². The van der Waals surface area contributed by atoms with Crippen molar-refractivity contribution in [1.82, 2.24) is 0 Å². The number of hydrogen-bond acceptors (Lipinski definition) is 4. The number of ether oxygens (including phenoxy) is 1. The van der Waals surface area contributed by atoms with Gasteiger partial charge in [-0.1, -0.05) is 12.2 Å². The lowest BCUT2D eigenvalue weighted by Crippen LogP contribution is -2.40. The first-order chi connectivity index (χ1) is 12.5. The van der Waals surface area contributed by atoms with Crippen molar-refractivity contribution < 1.29 is 19.1 Å². The van der Waals surface area contributed by atoms with Crippen molar-refractivity contribution in [2.45, 2.75) is 20.3 Å². The molecule has 6 rings (SSSR count). The van der Waals surface area contributed by atoms with E-state index in [2.05, 4.69) is 12.2 Å². The molecule has 0 unspecified atom stereocenters. The third-order valence-corrected chi connectivity index (χ3v) is 6.57. The van der Waals surface area contributed by atoms with Gasteiger partial charge in [0, 0.05) is 5.56 Å². The minimum Gasteiger partial charge on any atom is -0.492 e. The van der Waals surface area contributed by atoms with E-state index in [4.69, 9.17) is 4.74 Å². The molecule has 1 saturated heterocycles. The molecule has 1 heterocycles. The summed E-state index contributed by atoms with van der Waals surface area (Å²) < 4.78 is 5.66. The zero-order chi connectivity index (χ0) is 18.2. The number of allylic oxidation sites excluding steroid dienone is 2. The molecule has 6 atom stereocenters. The number of benzene rings is 1. The van der Waals surface area contributed by atoms with Crippen LogP contribution in [0.25, 0.3) is 0 Å². The second-order valence-electron chi connectivity index (χ2n) is 7.84. The Morgan fingerprint density at radius 3 is 2.27 bits per heavy atom. The standard InChI is InChI=1S/C21H21NO4/c1-3-26-17-7-4-11(10(2)23)8-16(17)22-20(24)18-12-5-6-13(15-9-14(12)15)19(18)21(22)25/h4-8,12-15,18-19H,3,9H2,1-2H3/t12-,13-,14-,15+,18-,19+/m1/s1. The SMILES string of the molecule is CCOc1ccc(C(C)=O)cc1N1C(=O)[C@@H]2[C@@H]3C=C[C@H]([C@@H]4C[C@H]34)[C@@H]2C1=O. The van der Waals surface area contributed by atoms with Gasteiger partial charge in [-0.05, 0) is 62.1 Å². The molecule has 3 fully saturated rings. The lowest BCUT2D eigenvalue weighted by Gasteiger charge is -2.37. The molecule has 1 aliphatic heterocycles. The van der Waals surface area contributed by atoms with Crippen LogP contribution in [-0.2, 0) is 9.59 Å². The first-order valence-corrected chi connectivity index (χ1v) is 9.36. The van der Waals surface area contributed by atoms with Crippen molar-refractivity contribution >= 4 is 23.3 Å². The summed E-state index contributed by atoms with van der Waals surface area (Å²) in [5, 5.41) is 0. The van der Waals surface area contributed by atoms with E-state index in [-0.39, 0.29) is 41.3 Å². The molecule has 5 nitrogen and oxygen atoms in total. The molecule has 5 aliphatic rings. The van der Waals surface area contributed by atoms with Crippen molar-refractivity contribution in [3.05, 3.63) is 35.9 Å². The third-order valence-electron chi connectivity index (χ3n) is 6.57. The summed E-state index contributed by atoms with van der Waals surface area (Å²) in [6.07, 6.45) is 5.45. The molecule has 5 heteroatoms. The van der Waals surface area contributed by atoms with Gasteiger partial charge in [0.05, 0.1) is 24.1 Å². The molecule has 0 aromatic heterocycles. The Labute approximate surface area is 152 Å². The minimum atomic E-state index is -0.253. The van der Waals surface area contributed by atoms with Crippen LogP contribution in [0.15, 0.2) is 30.4 Å². The second kappa shape index (κ2) is 5.29. The second-order valence-corrected chi connectivity index (χ2v) is 7.84. The Balaban J connectivity index is 1.59. The van der Waals surface area contributed by atoms with Crippen LogP contribution in [0.2, 0.25) is 0 Å². The Morgan fingerprint density at radius 1 is 1.12 bits per heavy atom. The summed E-state index contributed by atoms with van der Waals surface area (Å²) in [6.45, 7) is 3.75. The largest absolute Gasteiger partial charge is 0.492 e. The smallest absolute Gasteiger partial charge is 0.238 e. The van der Waals surface area contributed by atoms with Gasteiger partial charge in [0.1, 0.15) is 5.75 Å². The Bertz CT molecular complexity index is 837. The molecule has 4 aliphatic carbocycles. The molecule has 2 amide bonds. The molecular formula is C21H21NO4. The molecule has 26 heavy (non-hydrogen) atoms. The normalized spacial score (nSPS) is 36.2. The van der Waals surface area contributed by atoms with E-state index < -0.39 is 0 Å². The zero-order valence-corrected chi connectivity index (χ0v) is 14.8. The van der Waals surface area contributed by atoms with Crippen LogP contribution in [0, 0.1) is 35.5 Å². The maximum absolute atomic E-state index is 13.3. The predicted molar refractivity (Wildman–Crippen MR) is 94.8 cm³/mol. The quantitative estimate of drug-likeness (QED) is 0.475. The molecule has 2 saturated carbocycles. The number of ketones is 1. The molecule has 0 N–H and O–H groups in total. The highest BCUT2D eigenvalue weighted by Gasteiger charge is 2.67. The number of anilines is 1. The summed E-state index contributed by atoms with van der Waals surface area (Å²) in [4.78, 5) is 39.7. The van der Waals surface area contributed by atoms with Gasteiger partial charge in [0.15, 0.2) is 5.78 Å². The molecule has 134 valence electrons. The van der Waals surface area contributed by atoms with Crippen molar-refractivity contribution in [2.75, 3.05) is 11.5 Å². The highest BCUT2D eigenvalue weighted by atomic mass is 16.5. The van der Waals surface area contributed by atoms with Crippen molar-refractivity contribution in [1.29, 1.82) is 0 Å². The van der Waals surface area contributed by atoms with Gasteiger partial charge in [0.25, 0.3) is 0 Å². The lowest BCUT2D eigenvalue weighted by molar-refractivity contribution is -0.124. The van der Waals surface area contributed by atoms with Crippen LogP contribution in [-0.4, -0.2) is 24.2 Å². The van der Waals surface area contributed by atoms with E-state index in [9.17, 15) is 14.4 Å². The topological polar surface area (TPSA) is 63.7 Å². The molecular weight excluding hydrogens is 330 g/mol. The van der Waals surface area contributed by atoms with Gasteiger partial charge < -0.3 is 4.74 Å². The van der Waals surface area contributed by atoms with Crippen LogP contribution in [0.3, 0.4) is 0 Å². The summed E-state index contributed by atoms with van der Waals surface area (Å²) in [7, 11) is 0. The number of carbonyl (C=O) groups excluding carboxylic acids is 3. The van der Waals surface area contributed by atoms with Gasteiger partial charge in [-0.2, -0.15) is 0 Å². The number of imide groups is 1. The average Bonchev–Trinajstić information content (AvgIpc) is 3.40. The van der Waals surface area contributed by atoms with E-state index in [1.54, 1.807) is 18.2 Å². The Kier molecular flexibility index (Phi) is 3.21. The van der Waals surface area contributed by atoms with Crippen LogP contribution in [0.5, 0.6) is 5.75 Å². The van der Waals surface area contributed by atoms with Crippen LogP contribution < -0.4 is 9.64 Å². The number of carbonyl (C=O) groups is 3. The van der Waals surface area contributed by atoms with Crippen molar-refractivity contribution in [3.63, 3.8) is 0 Å². The minimum absolute atomic E-state index is 0.103. The molecule has 0 spiro atoms. The number of hydrogen-bond donors (Lipinski definition) is 0. The van der Waals surface area contributed by atoms with Gasteiger partial charge in [-0.25, -0.2) is 4.90 Å². The number of Topliss-reactive ketones (excluding diaryl/α,β-unsaturated/α-hetero) is 1. The van der Waals surface area contributed by atoms with E-state index in [1.165, 1.54) is 11.8 Å².